The quantitative estimate of drug-likeness (QED) is 0.912. The number of carbonyl (C=O) groups excluding carboxylic acids is 2. The van der Waals surface area contributed by atoms with Gasteiger partial charge in [0.15, 0.2) is 0 Å². The van der Waals surface area contributed by atoms with Gasteiger partial charge in [0, 0.05) is 25.2 Å². The van der Waals surface area contributed by atoms with E-state index in [1.165, 1.54) is 0 Å². The fraction of sp³-hybridized carbons (Fsp3) is 0.300. The Bertz CT molecular complexity index is 771. The minimum absolute atomic E-state index is 0.00102. The van der Waals surface area contributed by atoms with E-state index in [0.717, 1.165) is 22.6 Å². The number of hydrogen-bond acceptors (Lipinski definition) is 3. The number of nitrogens with one attached hydrogen (secondary N) is 1. The maximum atomic E-state index is 12.4. The van der Waals surface area contributed by atoms with Crippen molar-refractivity contribution in [2.24, 2.45) is 5.92 Å². The molecule has 1 saturated heterocycles. The predicted octanol–water partition coefficient (Wildman–Crippen LogP) is 2.67. The van der Waals surface area contributed by atoms with Crippen LogP contribution in [0.15, 0.2) is 48.5 Å². The molecule has 0 unspecified atom stereocenters. The van der Waals surface area contributed by atoms with Crippen molar-refractivity contribution in [1.82, 2.24) is 5.32 Å². The van der Waals surface area contributed by atoms with Gasteiger partial charge >= 0.3 is 0 Å². The molecule has 0 aliphatic carbocycles. The smallest absolute Gasteiger partial charge is 0.227 e. The molecule has 1 N–H and O–H groups in total. The maximum Gasteiger partial charge on any atom is 0.227 e. The Morgan fingerprint density at radius 1 is 1.20 bits per heavy atom. The number of methoxy groups -OCH3 is 1. The summed E-state index contributed by atoms with van der Waals surface area (Å²) in [6.07, 6.45) is 0.253. The van der Waals surface area contributed by atoms with Crippen LogP contribution in [0.5, 0.6) is 5.75 Å². The molecule has 25 heavy (non-hydrogen) atoms. The molecule has 5 nitrogen and oxygen atoms in total. The SMILES string of the molecule is COc1ccc(CNC(=O)[C@H]2CC(=O)N(c3ccccc3C)C2)cc1. The molecular formula is C20H22N2O3. The Kier molecular flexibility index (Phi) is 5.03. The van der Waals surface area contributed by atoms with E-state index in [-0.39, 0.29) is 24.2 Å². The first-order valence-corrected chi connectivity index (χ1v) is 8.35. The van der Waals surface area contributed by atoms with Crippen molar-refractivity contribution in [2.75, 3.05) is 18.6 Å². The number of nitrogens with zero attached hydrogens (tertiary/aromatic N) is 1. The number of benzene rings is 2. The molecule has 2 aromatic carbocycles. The summed E-state index contributed by atoms with van der Waals surface area (Å²) in [7, 11) is 1.62. The van der Waals surface area contributed by atoms with Crippen LogP contribution in [0.25, 0.3) is 0 Å². The molecule has 1 heterocycles. The Hall–Kier alpha value is -2.82. The van der Waals surface area contributed by atoms with Gasteiger partial charge in [-0.1, -0.05) is 30.3 Å². The van der Waals surface area contributed by atoms with Crippen molar-refractivity contribution in [3.05, 3.63) is 59.7 Å². The molecule has 0 bridgehead atoms. The van der Waals surface area contributed by atoms with Crippen molar-refractivity contribution in [2.45, 2.75) is 19.9 Å². The first-order valence-electron chi connectivity index (χ1n) is 8.35. The molecule has 1 aliphatic heterocycles. The minimum atomic E-state index is -0.314. The van der Waals surface area contributed by atoms with Gasteiger partial charge in [0.2, 0.25) is 11.8 Å². The minimum Gasteiger partial charge on any atom is -0.497 e. The van der Waals surface area contributed by atoms with Crippen molar-refractivity contribution in [3.8, 4) is 5.75 Å². The Morgan fingerprint density at radius 2 is 1.92 bits per heavy atom. The van der Waals surface area contributed by atoms with Crippen molar-refractivity contribution >= 4 is 17.5 Å². The normalized spacial score (nSPS) is 16.8. The summed E-state index contributed by atoms with van der Waals surface area (Å²) >= 11 is 0. The number of para-hydroxylation sites is 1. The number of ether oxygens (including phenoxy) is 1. The third-order valence-corrected chi connectivity index (χ3v) is 4.53. The van der Waals surface area contributed by atoms with Crippen LogP contribution >= 0.6 is 0 Å². The van der Waals surface area contributed by atoms with Gasteiger partial charge in [0.05, 0.1) is 13.0 Å². The molecule has 1 aliphatic rings. The van der Waals surface area contributed by atoms with Crippen LogP contribution < -0.4 is 15.0 Å². The lowest BCUT2D eigenvalue weighted by molar-refractivity contribution is -0.126. The summed E-state index contributed by atoms with van der Waals surface area (Å²) in [5.74, 6) is 0.384. The van der Waals surface area contributed by atoms with E-state index in [9.17, 15) is 9.59 Å². The average molecular weight is 338 g/mol. The molecule has 0 aromatic heterocycles. The monoisotopic (exact) mass is 338 g/mol. The second kappa shape index (κ2) is 7.38. The number of rotatable bonds is 5. The van der Waals surface area contributed by atoms with Gasteiger partial charge in [-0.3, -0.25) is 9.59 Å². The van der Waals surface area contributed by atoms with Gasteiger partial charge < -0.3 is 15.0 Å². The molecule has 0 saturated carbocycles. The van der Waals surface area contributed by atoms with Crippen LogP contribution in [0, 0.1) is 12.8 Å². The Balaban J connectivity index is 1.60. The van der Waals surface area contributed by atoms with Crippen LogP contribution in [0.1, 0.15) is 17.5 Å². The third kappa shape index (κ3) is 3.82. The van der Waals surface area contributed by atoms with Gasteiger partial charge in [-0.25, -0.2) is 0 Å². The molecule has 3 rings (SSSR count). The highest BCUT2D eigenvalue weighted by atomic mass is 16.5. The van der Waals surface area contributed by atoms with Crippen LogP contribution in [0.3, 0.4) is 0 Å². The second-order valence-electron chi connectivity index (χ2n) is 6.26. The van der Waals surface area contributed by atoms with E-state index < -0.39 is 0 Å². The Morgan fingerprint density at radius 3 is 2.60 bits per heavy atom. The van der Waals surface area contributed by atoms with E-state index in [4.69, 9.17) is 4.74 Å². The van der Waals surface area contributed by atoms with Gasteiger partial charge in [0.25, 0.3) is 0 Å². The summed E-state index contributed by atoms with van der Waals surface area (Å²) in [6.45, 7) is 2.84. The number of aryl methyl sites for hydroxylation is 1. The van der Waals surface area contributed by atoms with Gasteiger partial charge in [-0.15, -0.1) is 0 Å². The topological polar surface area (TPSA) is 58.6 Å². The van der Waals surface area contributed by atoms with Crippen molar-refractivity contribution < 1.29 is 14.3 Å². The highest BCUT2D eigenvalue weighted by Crippen LogP contribution is 2.27. The first kappa shape index (κ1) is 17.0. The largest absolute Gasteiger partial charge is 0.497 e. The lowest BCUT2D eigenvalue weighted by atomic mass is 10.1. The number of carbonyl (C=O) groups is 2. The lowest BCUT2D eigenvalue weighted by Crippen LogP contribution is -2.32. The van der Waals surface area contributed by atoms with Gasteiger partial charge in [-0.05, 0) is 36.2 Å². The molecule has 1 atom stereocenters. The zero-order valence-electron chi connectivity index (χ0n) is 14.5. The number of anilines is 1. The predicted molar refractivity (Wildman–Crippen MR) is 96.5 cm³/mol. The molecule has 130 valence electrons. The summed E-state index contributed by atoms with van der Waals surface area (Å²) in [4.78, 5) is 26.5. The second-order valence-corrected chi connectivity index (χ2v) is 6.26. The zero-order chi connectivity index (χ0) is 17.8. The molecular weight excluding hydrogens is 316 g/mol. The van der Waals surface area contributed by atoms with Crippen LogP contribution in [-0.2, 0) is 16.1 Å². The summed E-state index contributed by atoms with van der Waals surface area (Å²) in [5, 5.41) is 2.93. The van der Waals surface area contributed by atoms with Crippen LogP contribution in [0.2, 0.25) is 0 Å². The van der Waals surface area contributed by atoms with Crippen molar-refractivity contribution in [3.63, 3.8) is 0 Å². The molecule has 2 aromatic rings. The standard InChI is InChI=1S/C20H22N2O3/c1-14-5-3-4-6-18(14)22-13-16(11-19(22)23)20(24)21-12-15-7-9-17(25-2)10-8-15/h3-10,16H,11-13H2,1-2H3,(H,21,24)/t16-/m0/s1. The number of amides is 2. The average Bonchev–Trinajstić information content (AvgIpc) is 3.02. The van der Waals surface area contributed by atoms with Gasteiger partial charge in [0.1, 0.15) is 5.75 Å². The molecule has 2 amide bonds. The summed E-state index contributed by atoms with van der Waals surface area (Å²) in [5.41, 5.74) is 2.92. The van der Waals surface area contributed by atoms with E-state index in [1.54, 1.807) is 12.0 Å². The van der Waals surface area contributed by atoms with E-state index in [0.29, 0.717) is 13.1 Å². The molecule has 1 fully saturated rings. The van der Waals surface area contributed by atoms with Crippen LogP contribution in [0.4, 0.5) is 5.69 Å². The molecule has 0 spiro atoms. The summed E-state index contributed by atoms with van der Waals surface area (Å²) < 4.78 is 5.12. The van der Waals surface area contributed by atoms with E-state index in [1.807, 2.05) is 55.5 Å². The molecule has 0 radical (unpaired) electrons. The number of hydrogen-bond donors (Lipinski definition) is 1. The lowest BCUT2D eigenvalue weighted by Gasteiger charge is -2.19. The molecule has 5 heteroatoms. The Labute approximate surface area is 147 Å². The first-order chi connectivity index (χ1) is 12.1. The maximum absolute atomic E-state index is 12.4. The fourth-order valence-electron chi connectivity index (χ4n) is 3.06. The summed E-state index contributed by atoms with van der Waals surface area (Å²) in [6, 6.07) is 15.3. The van der Waals surface area contributed by atoms with E-state index in [2.05, 4.69) is 5.32 Å². The zero-order valence-corrected chi connectivity index (χ0v) is 14.5. The fourth-order valence-corrected chi connectivity index (χ4v) is 3.06. The third-order valence-electron chi connectivity index (χ3n) is 4.53. The highest BCUT2D eigenvalue weighted by Gasteiger charge is 2.35. The van der Waals surface area contributed by atoms with E-state index >= 15 is 0 Å². The van der Waals surface area contributed by atoms with Crippen molar-refractivity contribution in [1.29, 1.82) is 0 Å². The van der Waals surface area contributed by atoms with Gasteiger partial charge in [-0.2, -0.15) is 0 Å². The highest BCUT2D eigenvalue weighted by molar-refractivity contribution is 6.00. The van der Waals surface area contributed by atoms with Crippen LogP contribution in [-0.4, -0.2) is 25.5 Å².